The van der Waals surface area contributed by atoms with Gasteiger partial charge in [-0.15, -0.1) is 0 Å². The minimum absolute atomic E-state index is 0.0576. The van der Waals surface area contributed by atoms with E-state index in [2.05, 4.69) is 84.3 Å². The molecule has 1 saturated heterocycles. The number of nitrogens with zero attached hydrogens (tertiary/aromatic N) is 4. The van der Waals surface area contributed by atoms with Crippen LogP contribution in [0, 0.1) is 0 Å². The Morgan fingerprint density at radius 1 is 1.06 bits per heavy atom. The summed E-state index contributed by atoms with van der Waals surface area (Å²) < 4.78 is 20.9. The van der Waals surface area contributed by atoms with Gasteiger partial charge in [0, 0.05) is 0 Å². The minimum atomic E-state index is -2.70. The van der Waals surface area contributed by atoms with Crippen LogP contribution in [-0.2, 0) is 13.9 Å². The summed E-state index contributed by atoms with van der Waals surface area (Å²) >= 11 is 6.02. The molecule has 0 aliphatic carbocycles. The maximum Gasteiger partial charge on any atom is 0.261 e. The molecule has 0 radical (unpaired) electrons. The number of ether oxygens (including phenoxy) is 2. The van der Waals surface area contributed by atoms with Gasteiger partial charge in [-0.2, -0.15) is 9.97 Å². The van der Waals surface area contributed by atoms with Crippen molar-refractivity contribution in [3.8, 4) is 0 Å². The van der Waals surface area contributed by atoms with Crippen LogP contribution in [-0.4, -0.2) is 47.3 Å². The number of anilines is 1. The van der Waals surface area contributed by atoms with Crippen LogP contribution in [0.25, 0.3) is 11.2 Å². The zero-order chi connectivity index (χ0) is 24.6. The van der Waals surface area contributed by atoms with Crippen molar-refractivity contribution in [1.82, 2.24) is 19.5 Å². The number of aromatic nitrogens is 4. The number of benzene rings is 2. The predicted octanol–water partition coefficient (Wildman–Crippen LogP) is 3.51. The first-order chi connectivity index (χ1) is 16.8. The average Bonchev–Trinajstić information content (AvgIpc) is 3.47. The number of rotatable bonds is 6. The number of imidazole rings is 1. The highest BCUT2D eigenvalue weighted by molar-refractivity contribution is 6.99. The Balaban J connectivity index is 1.42. The SMILES string of the molecule is CC(C)(C)[Si](OC[C@@H]1OC[C@H](n2cnc3c(N)nc(Cl)nc32)O1)(c1ccccc1)c1ccccc1. The molecule has 0 spiro atoms. The number of nitrogens with two attached hydrogens (primary N) is 1. The summed E-state index contributed by atoms with van der Waals surface area (Å²) in [6.07, 6.45) is 0.637. The van der Waals surface area contributed by atoms with E-state index in [0.717, 1.165) is 0 Å². The van der Waals surface area contributed by atoms with Crippen molar-refractivity contribution < 1.29 is 13.9 Å². The molecular weight excluding hydrogens is 482 g/mol. The molecule has 2 aromatic carbocycles. The van der Waals surface area contributed by atoms with Crippen molar-refractivity contribution in [2.75, 3.05) is 18.9 Å². The molecule has 182 valence electrons. The van der Waals surface area contributed by atoms with Gasteiger partial charge < -0.3 is 19.6 Å². The molecule has 35 heavy (non-hydrogen) atoms. The van der Waals surface area contributed by atoms with Gasteiger partial charge in [-0.05, 0) is 27.0 Å². The summed E-state index contributed by atoms with van der Waals surface area (Å²) in [5.74, 6) is 0.226. The highest BCUT2D eigenvalue weighted by Gasteiger charge is 2.50. The van der Waals surface area contributed by atoms with Gasteiger partial charge in [0.15, 0.2) is 24.0 Å². The third kappa shape index (κ3) is 4.34. The second-order valence-electron chi connectivity index (χ2n) is 9.53. The Morgan fingerprint density at radius 3 is 2.29 bits per heavy atom. The van der Waals surface area contributed by atoms with E-state index in [1.165, 1.54) is 10.4 Å². The van der Waals surface area contributed by atoms with Crippen LogP contribution in [0.2, 0.25) is 10.3 Å². The lowest BCUT2D eigenvalue weighted by molar-refractivity contribution is -0.0943. The summed E-state index contributed by atoms with van der Waals surface area (Å²) in [5, 5.41) is 2.33. The molecule has 4 aromatic rings. The molecule has 1 aliphatic rings. The second-order valence-corrected chi connectivity index (χ2v) is 14.2. The molecule has 5 rings (SSSR count). The van der Waals surface area contributed by atoms with Gasteiger partial charge >= 0.3 is 0 Å². The standard InChI is InChI=1S/C25H28ClN5O3Si/c1-25(2,3)35(17-10-6-4-7-11-17,18-12-8-5-9-13-18)33-15-20-32-14-19(34-20)31-16-28-21-22(27)29-24(26)30-23(21)31/h4-13,16,19-20H,14-15H2,1-3H3,(H2,27,29,30)/t19-,20-/m1/s1. The largest absolute Gasteiger partial charge is 0.402 e. The molecular formula is C25H28ClN5O3Si. The van der Waals surface area contributed by atoms with E-state index >= 15 is 0 Å². The van der Waals surface area contributed by atoms with E-state index in [9.17, 15) is 0 Å². The van der Waals surface area contributed by atoms with E-state index in [4.69, 9.17) is 31.2 Å². The zero-order valence-electron chi connectivity index (χ0n) is 19.9. The molecule has 0 bridgehead atoms. The lowest BCUT2D eigenvalue weighted by atomic mass is 10.2. The third-order valence-electron chi connectivity index (χ3n) is 6.32. The highest BCUT2D eigenvalue weighted by Crippen LogP contribution is 2.37. The Bertz CT molecular complexity index is 1270. The first-order valence-corrected chi connectivity index (χ1v) is 13.8. The fraction of sp³-hybridized carbons (Fsp3) is 0.320. The number of nitrogen functional groups attached to an aromatic ring is 1. The van der Waals surface area contributed by atoms with Crippen molar-refractivity contribution in [3.05, 3.63) is 72.3 Å². The molecule has 2 N–H and O–H groups in total. The van der Waals surface area contributed by atoms with E-state index in [-0.39, 0.29) is 22.7 Å². The van der Waals surface area contributed by atoms with E-state index in [1.54, 1.807) is 10.9 Å². The van der Waals surface area contributed by atoms with Crippen molar-refractivity contribution in [1.29, 1.82) is 0 Å². The minimum Gasteiger partial charge on any atom is -0.402 e. The van der Waals surface area contributed by atoms with Crippen LogP contribution in [0.4, 0.5) is 5.82 Å². The third-order valence-corrected chi connectivity index (χ3v) is 11.5. The monoisotopic (exact) mass is 509 g/mol. The van der Waals surface area contributed by atoms with Crippen molar-refractivity contribution in [3.63, 3.8) is 0 Å². The van der Waals surface area contributed by atoms with Crippen LogP contribution in [0.1, 0.15) is 27.0 Å². The molecule has 0 unspecified atom stereocenters. The van der Waals surface area contributed by atoms with Crippen LogP contribution in [0.15, 0.2) is 67.0 Å². The van der Waals surface area contributed by atoms with Gasteiger partial charge in [0.1, 0.15) is 5.52 Å². The predicted molar refractivity (Wildman–Crippen MR) is 138 cm³/mol. The van der Waals surface area contributed by atoms with Gasteiger partial charge in [0.25, 0.3) is 8.32 Å². The fourth-order valence-corrected chi connectivity index (χ4v) is 9.47. The van der Waals surface area contributed by atoms with Gasteiger partial charge in [-0.25, -0.2) is 4.98 Å². The van der Waals surface area contributed by atoms with Crippen LogP contribution >= 0.6 is 11.6 Å². The quantitative estimate of drug-likeness (QED) is 0.314. The number of hydrogen-bond donors (Lipinski definition) is 1. The maximum atomic E-state index is 6.94. The lowest BCUT2D eigenvalue weighted by Gasteiger charge is -2.43. The Hall–Kier alpha value is -2.82. The molecule has 2 aromatic heterocycles. The van der Waals surface area contributed by atoms with E-state index in [1.807, 2.05) is 12.1 Å². The molecule has 1 fully saturated rings. The fourth-order valence-electron chi connectivity index (χ4n) is 4.75. The Morgan fingerprint density at radius 2 is 1.69 bits per heavy atom. The van der Waals surface area contributed by atoms with E-state index in [0.29, 0.717) is 17.8 Å². The van der Waals surface area contributed by atoms with Crippen molar-refractivity contribution in [2.24, 2.45) is 0 Å². The first-order valence-electron chi connectivity index (χ1n) is 11.5. The van der Waals surface area contributed by atoms with Gasteiger partial charge in [-0.1, -0.05) is 81.4 Å². The average molecular weight is 510 g/mol. The normalized spacial score (nSPS) is 18.9. The van der Waals surface area contributed by atoms with Crippen molar-refractivity contribution >= 4 is 47.3 Å². The van der Waals surface area contributed by atoms with Gasteiger partial charge in [-0.3, -0.25) is 4.57 Å². The summed E-state index contributed by atoms with van der Waals surface area (Å²) in [5.41, 5.74) is 6.93. The molecule has 1 aliphatic heterocycles. The second kappa shape index (κ2) is 9.33. The Labute approximate surface area is 210 Å². The van der Waals surface area contributed by atoms with Crippen LogP contribution in [0.5, 0.6) is 0 Å². The number of hydrogen-bond acceptors (Lipinski definition) is 7. The van der Waals surface area contributed by atoms with E-state index < -0.39 is 20.8 Å². The summed E-state index contributed by atoms with van der Waals surface area (Å²) in [6, 6.07) is 21.0. The maximum absolute atomic E-state index is 6.94. The summed E-state index contributed by atoms with van der Waals surface area (Å²) in [4.78, 5) is 12.6. The molecule has 2 atom stereocenters. The molecule has 8 nitrogen and oxygen atoms in total. The number of fused-ring (bicyclic) bond motifs is 1. The first kappa shape index (κ1) is 23.9. The topological polar surface area (TPSA) is 97.3 Å². The van der Waals surface area contributed by atoms with Crippen LogP contribution < -0.4 is 16.1 Å². The lowest BCUT2D eigenvalue weighted by Crippen LogP contribution is -2.67. The Kier molecular flexibility index (Phi) is 6.37. The van der Waals surface area contributed by atoms with Crippen LogP contribution in [0.3, 0.4) is 0 Å². The van der Waals surface area contributed by atoms with Gasteiger partial charge in [0.05, 0.1) is 19.5 Å². The summed E-state index contributed by atoms with van der Waals surface area (Å²) in [6.45, 7) is 7.33. The number of halogens is 1. The van der Waals surface area contributed by atoms with Gasteiger partial charge in [0.2, 0.25) is 5.28 Å². The molecule has 0 amide bonds. The zero-order valence-corrected chi connectivity index (χ0v) is 21.6. The molecule has 0 saturated carbocycles. The molecule has 3 heterocycles. The molecule has 10 heteroatoms. The highest BCUT2D eigenvalue weighted by atomic mass is 35.5. The summed E-state index contributed by atoms with van der Waals surface area (Å²) in [7, 11) is -2.70. The van der Waals surface area contributed by atoms with Crippen molar-refractivity contribution in [2.45, 2.75) is 38.3 Å². The smallest absolute Gasteiger partial charge is 0.261 e.